The second-order valence-corrected chi connectivity index (χ2v) is 7.61. The van der Waals surface area contributed by atoms with Gasteiger partial charge in [-0.05, 0) is 31.7 Å². The van der Waals surface area contributed by atoms with E-state index in [0.29, 0.717) is 23.4 Å². The Bertz CT molecular complexity index is 1020. The van der Waals surface area contributed by atoms with Gasteiger partial charge < -0.3 is 14.8 Å². The van der Waals surface area contributed by atoms with E-state index in [2.05, 4.69) is 5.32 Å². The van der Waals surface area contributed by atoms with Crippen LogP contribution < -0.4 is 5.32 Å². The molecule has 164 valence electrons. The largest absolute Gasteiger partial charge is 0.468 e. The van der Waals surface area contributed by atoms with Crippen molar-refractivity contribution in [2.75, 3.05) is 13.7 Å². The Morgan fingerprint density at radius 3 is 2.65 bits per heavy atom. The van der Waals surface area contributed by atoms with Crippen molar-refractivity contribution >= 4 is 23.4 Å². The minimum atomic E-state index is -1.02. The first-order valence-corrected chi connectivity index (χ1v) is 9.95. The second kappa shape index (κ2) is 8.71. The van der Waals surface area contributed by atoms with Crippen LogP contribution in [-0.2, 0) is 23.9 Å². The summed E-state index contributed by atoms with van der Waals surface area (Å²) < 4.78 is 10.1. The number of nitrogens with one attached hydrogen (secondary N) is 1. The van der Waals surface area contributed by atoms with Crippen molar-refractivity contribution in [2.45, 2.75) is 33.1 Å². The number of ether oxygens (including phenoxy) is 2. The molecular formula is C22H24N2O7. The third-order valence-electron chi connectivity index (χ3n) is 5.65. The van der Waals surface area contributed by atoms with Gasteiger partial charge in [-0.1, -0.05) is 19.1 Å². The number of nitro benzene ring substituents is 1. The van der Waals surface area contributed by atoms with Crippen molar-refractivity contribution in [3.8, 4) is 0 Å². The van der Waals surface area contributed by atoms with Gasteiger partial charge in [-0.3, -0.25) is 19.7 Å². The highest BCUT2D eigenvalue weighted by Gasteiger charge is 2.47. The van der Waals surface area contributed by atoms with E-state index in [1.165, 1.54) is 25.3 Å². The van der Waals surface area contributed by atoms with Crippen LogP contribution in [0.2, 0.25) is 0 Å². The molecule has 2 aliphatic rings. The highest BCUT2D eigenvalue weighted by atomic mass is 16.6. The summed E-state index contributed by atoms with van der Waals surface area (Å²) in [4.78, 5) is 49.5. The number of dihydropyridines is 1. The Kier molecular flexibility index (Phi) is 6.24. The lowest BCUT2D eigenvalue weighted by Gasteiger charge is -2.38. The molecule has 0 bridgehead atoms. The maximum atomic E-state index is 13.5. The summed E-state index contributed by atoms with van der Waals surface area (Å²) in [5.74, 6) is -3.97. The SMILES string of the molecule is CCOC(=O)C1=C(C)NC2=C(C(=O)[C@H](C(=O)OC)[C@H](C)C2)[C@@H]1c1cccc([N+](=O)[O-])c1. The smallest absolute Gasteiger partial charge is 0.336 e. The summed E-state index contributed by atoms with van der Waals surface area (Å²) >= 11 is 0. The molecule has 1 aromatic rings. The number of hydrogen-bond donors (Lipinski definition) is 1. The number of non-ortho nitro benzene ring substituents is 1. The molecule has 31 heavy (non-hydrogen) atoms. The number of allylic oxidation sites excluding steroid dienone is 3. The molecule has 0 amide bonds. The number of benzene rings is 1. The summed E-state index contributed by atoms with van der Waals surface area (Å²) in [6.07, 6.45) is 0.389. The zero-order valence-electron chi connectivity index (χ0n) is 17.8. The van der Waals surface area contributed by atoms with Gasteiger partial charge in [0.1, 0.15) is 5.92 Å². The van der Waals surface area contributed by atoms with E-state index in [0.717, 1.165) is 0 Å². The lowest BCUT2D eigenvalue weighted by Crippen LogP contribution is -2.43. The number of Topliss-reactive ketones (excluding diaryl/α,β-unsaturated/α-hetero) is 1. The van der Waals surface area contributed by atoms with Crippen LogP contribution in [-0.4, -0.2) is 36.4 Å². The molecule has 9 heteroatoms. The highest BCUT2D eigenvalue weighted by molar-refractivity contribution is 6.12. The molecule has 0 spiro atoms. The van der Waals surface area contributed by atoms with Crippen LogP contribution in [0.4, 0.5) is 5.69 Å². The summed E-state index contributed by atoms with van der Waals surface area (Å²) in [7, 11) is 1.22. The molecule has 0 saturated heterocycles. The first kappa shape index (κ1) is 22.2. The minimum Gasteiger partial charge on any atom is -0.468 e. The van der Waals surface area contributed by atoms with Gasteiger partial charge in [0, 0.05) is 35.0 Å². The number of carbonyl (C=O) groups excluding carboxylic acids is 3. The number of esters is 2. The molecule has 1 aromatic carbocycles. The molecule has 0 unspecified atom stereocenters. The number of hydrogen-bond acceptors (Lipinski definition) is 8. The van der Waals surface area contributed by atoms with Gasteiger partial charge in [-0.25, -0.2) is 4.79 Å². The molecule has 3 rings (SSSR count). The number of rotatable bonds is 5. The predicted octanol–water partition coefficient (Wildman–Crippen LogP) is 2.77. The molecule has 0 saturated carbocycles. The first-order valence-electron chi connectivity index (χ1n) is 9.95. The molecule has 9 nitrogen and oxygen atoms in total. The summed E-state index contributed by atoms with van der Waals surface area (Å²) in [5, 5.41) is 14.5. The molecule has 1 aliphatic heterocycles. The Morgan fingerprint density at radius 2 is 2.03 bits per heavy atom. The number of carbonyl (C=O) groups is 3. The van der Waals surface area contributed by atoms with Gasteiger partial charge >= 0.3 is 11.9 Å². The molecule has 1 heterocycles. The van der Waals surface area contributed by atoms with Gasteiger partial charge in [0.2, 0.25) is 0 Å². The van der Waals surface area contributed by atoms with Crippen LogP contribution in [0.5, 0.6) is 0 Å². The van der Waals surface area contributed by atoms with Crippen LogP contribution in [0.3, 0.4) is 0 Å². The van der Waals surface area contributed by atoms with Gasteiger partial charge in [0.25, 0.3) is 5.69 Å². The topological polar surface area (TPSA) is 125 Å². The van der Waals surface area contributed by atoms with E-state index in [9.17, 15) is 24.5 Å². The first-order chi connectivity index (χ1) is 14.7. The maximum Gasteiger partial charge on any atom is 0.336 e. The fraction of sp³-hybridized carbons (Fsp3) is 0.409. The quantitative estimate of drug-likeness (QED) is 0.328. The van der Waals surface area contributed by atoms with E-state index in [1.54, 1.807) is 26.8 Å². The third kappa shape index (κ3) is 3.95. The Hall–Kier alpha value is -3.49. The van der Waals surface area contributed by atoms with Crippen molar-refractivity contribution in [2.24, 2.45) is 11.8 Å². The van der Waals surface area contributed by atoms with Crippen LogP contribution in [0, 0.1) is 22.0 Å². The van der Waals surface area contributed by atoms with Crippen LogP contribution in [0.15, 0.2) is 46.8 Å². The summed E-state index contributed by atoms with van der Waals surface area (Å²) in [5.41, 5.74) is 1.76. The van der Waals surface area contributed by atoms with Gasteiger partial charge in [0.15, 0.2) is 5.78 Å². The fourth-order valence-electron chi connectivity index (χ4n) is 4.31. The predicted molar refractivity (Wildman–Crippen MR) is 110 cm³/mol. The van der Waals surface area contributed by atoms with Crippen molar-refractivity contribution in [1.29, 1.82) is 0 Å². The average molecular weight is 428 g/mol. The Labute approximate surface area is 179 Å². The van der Waals surface area contributed by atoms with E-state index in [1.807, 2.05) is 0 Å². The van der Waals surface area contributed by atoms with Gasteiger partial charge in [0.05, 0.1) is 24.2 Å². The molecule has 0 radical (unpaired) electrons. The average Bonchev–Trinajstić information content (AvgIpc) is 2.72. The van der Waals surface area contributed by atoms with Crippen molar-refractivity contribution < 1.29 is 28.8 Å². The molecule has 0 aromatic heterocycles. The molecular weight excluding hydrogens is 404 g/mol. The lowest BCUT2D eigenvalue weighted by molar-refractivity contribution is -0.384. The minimum absolute atomic E-state index is 0.124. The van der Waals surface area contributed by atoms with E-state index >= 15 is 0 Å². The number of methoxy groups -OCH3 is 1. The number of ketones is 1. The zero-order valence-corrected chi connectivity index (χ0v) is 17.8. The molecule has 1 N–H and O–H groups in total. The third-order valence-corrected chi connectivity index (χ3v) is 5.65. The van der Waals surface area contributed by atoms with Crippen LogP contribution in [0.25, 0.3) is 0 Å². The standard InChI is InChI=1S/C22H24N2O7/c1-5-31-22(27)17-12(3)23-15-9-11(2)16(21(26)30-4)20(25)19(15)18(17)13-7-6-8-14(10-13)24(28)29/h6-8,10-11,16,18,23H,5,9H2,1-4H3/t11-,16-,18-/m1/s1. The zero-order chi connectivity index (χ0) is 22.9. The molecule has 0 fully saturated rings. The number of nitrogens with zero attached hydrogens (tertiary/aromatic N) is 1. The molecule has 1 aliphatic carbocycles. The van der Waals surface area contributed by atoms with E-state index in [-0.39, 0.29) is 29.4 Å². The highest BCUT2D eigenvalue weighted by Crippen LogP contribution is 2.45. The Balaban J connectivity index is 2.22. The summed E-state index contributed by atoms with van der Waals surface area (Å²) in [6, 6.07) is 5.80. The fourth-order valence-corrected chi connectivity index (χ4v) is 4.31. The summed E-state index contributed by atoms with van der Waals surface area (Å²) in [6.45, 7) is 5.27. The normalized spacial score (nSPS) is 23.1. The van der Waals surface area contributed by atoms with E-state index in [4.69, 9.17) is 9.47 Å². The number of nitro groups is 1. The van der Waals surface area contributed by atoms with Crippen molar-refractivity contribution in [1.82, 2.24) is 5.32 Å². The maximum absolute atomic E-state index is 13.5. The van der Waals surface area contributed by atoms with Crippen LogP contribution >= 0.6 is 0 Å². The van der Waals surface area contributed by atoms with Crippen molar-refractivity contribution in [3.63, 3.8) is 0 Å². The van der Waals surface area contributed by atoms with Crippen LogP contribution in [0.1, 0.15) is 38.7 Å². The molecule has 3 atom stereocenters. The lowest BCUT2D eigenvalue weighted by atomic mass is 9.69. The monoisotopic (exact) mass is 428 g/mol. The second-order valence-electron chi connectivity index (χ2n) is 7.61. The Morgan fingerprint density at radius 1 is 1.32 bits per heavy atom. The van der Waals surface area contributed by atoms with Crippen molar-refractivity contribution in [3.05, 3.63) is 62.5 Å². The van der Waals surface area contributed by atoms with E-state index < -0.39 is 34.5 Å². The van der Waals surface area contributed by atoms with Gasteiger partial charge in [-0.2, -0.15) is 0 Å². The van der Waals surface area contributed by atoms with Gasteiger partial charge in [-0.15, -0.1) is 0 Å².